The molecule has 20 heavy (non-hydrogen) atoms. The van der Waals surface area contributed by atoms with E-state index >= 15 is 0 Å². The zero-order valence-electron chi connectivity index (χ0n) is 11.5. The van der Waals surface area contributed by atoms with E-state index in [9.17, 15) is 9.18 Å². The summed E-state index contributed by atoms with van der Waals surface area (Å²) in [6.07, 6.45) is -0.596. The second-order valence-corrected chi connectivity index (χ2v) is 4.30. The zero-order valence-corrected chi connectivity index (χ0v) is 12.3. The van der Waals surface area contributed by atoms with Crippen molar-refractivity contribution in [3.63, 3.8) is 0 Å². The van der Waals surface area contributed by atoms with Gasteiger partial charge in [-0.15, -0.1) is 0 Å². The minimum absolute atomic E-state index is 0.217. The topological polar surface area (TPSA) is 44.8 Å². The largest absolute Gasteiger partial charge is 0.462 e. The van der Waals surface area contributed by atoms with Crippen molar-refractivity contribution in [2.75, 3.05) is 19.8 Å². The number of carbonyl (C=O) groups is 1. The second-order valence-electron chi connectivity index (χ2n) is 3.90. The van der Waals surface area contributed by atoms with Crippen molar-refractivity contribution in [2.45, 2.75) is 26.6 Å². The van der Waals surface area contributed by atoms with Gasteiger partial charge in [0.1, 0.15) is 5.82 Å². The molecule has 4 nitrogen and oxygen atoms in total. The van der Waals surface area contributed by atoms with E-state index in [0.717, 1.165) is 5.56 Å². The Morgan fingerprint density at radius 3 is 2.65 bits per heavy atom. The number of carbonyl (C=O) groups excluding carboxylic acids is 1. The molecule has 0 aliphatic carbocycles. The molecule has 0 aliphatic rings. The lowest BCUT2D eigenvalue weighted by atomic mass is 10.1. The van der Waals surface area contributed by atoms with Gasteiger partial charge in [0.25, 0.3) is 6.29 Å². The molecule has 0 spiro atoms. The van der Waals surface area contributed by atoms with Gasteiger partial charge in [-0.3, -0.25) is 0 Å². The number of hydrogen-bond donors (Lipinski definition) is 0. The highest BCUT2D eigenvalue weighted by atomic mass is 35.5. The predicted molar refractivity (Wildman–Crippen MR) is 73.1 cm³/mol. The fraction of sp³-hybridized carbons (Fsp3) is 0.500. The summed E-state index contributed by atoms with van der Waals surface area (Å²) < 4.78 is 28.2. The van der Waals surface area contributed by atoms with Gasteiger partial charge in [-0.2, -0.15) is 0 Å². The fourth-order valence-corrected chi connectivity index (χ4v) is 1.81. The number of hydrogen-bond acceptors (Lipinski definition) is 4. The maximum atomic E-state index is 12.9. The fourth-order valence-electron chi connectivity index (χ4n) is 1.55. The highest BCUT2D eigenvalue weighted by Crippen LogP contribution is 2.18. The molecule has 6 heteroatoms. The van der Waals surface area contributed by atoms with Crippen LogP contribution in [-0.4, -0.2) is 32.1 Å². The Morgan fingerprint density at radius 1 is 1.30 bits per heavy atom. The minimum Gasteiger partial charge on any atom is -0.462 e. The molecule has 0 saturated heterocycles. The highest BCUT2D eigenvalue weighted by Gasteiger charge is 2.20. The van der Waals surface area contributed by atoms with Crippen molar-refractivity contribution in [1.82, 2.24) is 0 Å². The molecule has 0 radical (unpaired) electrons. The van der Waals surface area contributed by atoms with Crippen molar-refractivity contribution in [2.24, 2.45) is 0 Å². The molecular weight excluding hydrogens is 287 g/mol. The van der Waals surface area contributed by atoms with Gasteiger partial charge in [-0.25, -0.2) is 9.18 Å². The molecule has 0 saturated carbocycles. The molecule has 1 unspecified atom stereocenters. The van der Waals surface area contributed by atoms with Crippen LogP contribution in [0.2, 0.25) is 5.02 Å². The Bertz CT molecular complexity index is 439. The Kier molecular flexibility index (Phi) is 7.51. The normalized spacial score (nSPS) is 12.2. The number of rotatable bonds is 8. The average Bonchev–Trinajstić information content (AvgIpc) is 2.40. The van der Waals surface area contributed by atoms with Crippen LogP contribution in [0, 0.1) is 5.82 Å². The van der Waals surface area contributed by atoms with E-state index in [1.54, 1.807) is 19.9 Å². The molecule has 0 bridgehead atoms. The number of esters is 1. The van der Waals surface area contributed by atoms with E-state index in [0.29, 0.717) is 18.1 Å². The van der Waals surface area contributed by atoms with E-state index < -0.39 is 18.1 Å². The van der Waals surface area contributed by atoms with Crippen molar-refractivity contribution in [3.05, 3.63) is 34.6 Å². The monoisotopic (exact) mass is 304 g/mol. The predicted octanol–water partition coefficient (Wildman–Crippen LogP) is 2.96. The van der Waals surface area contributed by atoms with Gasteiger partial charge >= 0.3 is 5.97 Å². The maximum Gasteiger partial charge on any atom is 0.363 e. The summed E-state index contributed by atoms with van der Waals surface area (Å²) in [4.78, 5) is 11.5. The molecule has 1 aromatic rings. The van der Waals surface area contributed by atoms with Crippen molar-refractivity contribution < 1.29 is 23.4 Å². The smallest absolute Gasteiger partial charge is 0.363 e. The molecule has 1 rings (SSSR count). The number of benzene rings is 1. The first-order valence-corrected chi connectivity index (χ1v) is 6.80. The van der Waals surface area contributed by atoms with Crippen LogP contribution in [0.25, 0.3) is 0 Å². The van der Waals surface area contributed by atoms with Crippen LogP contribution in [0.1, 0.15) is 19.4 Å². The molecule has 1 atom stereocenters. The third kappa shape index (κ3) is 5.45. The molecule has 0 amide bonds. The first-order chi connectivity index (χ1) is 9.58. The van der Waals surface area contributed by atoms with Gasteiger partial charge < -0.3 is 14.2 Å². The van der Waals surface area contributed by atoms with Crippen LogP contribution >= 0.6 is 11.6 Å². The Morgan fingerprint density at radius 2 is 2.05 bits per heavy atom. The Balaban J connectivity index is 2.49. The first-order valence-electron chi connectivity index (χ1n) is 6.42. The average molecular weight is 305 g/mol. The molecule has 0 heterocycles. The van der Waals surface area contributed by atoms with Gasteiger partial charge in [-0.05, 0) is 38.0 Å². The molecule has 1 aromatic carbocycles. The summed E-state index contributed by atoms with van der Waals surface area (Å²) in [5.41, 5.74) is 0.743. The third-order valence-electron chi connectivity index (χ3n) is 2.45. The quantitative estimate of drug-likeness (QED) is 0.547. The molecular formula is C14H18ClFO4. The van der Waals surface area contributed by atoms with Crippen LogP contribution in [0.3, 0.4) is 0 Å². The highest BCUT2D eigenvalue weighted by molar-refractivity contribution is 6.31. The van der Waals surface area contributed by atoms with Crippen molar-refractivity contribution in [3.8, 4) is 0 Å². The summed E-state index contributed by atoms with van der Waals surface area (Å²) >= 11 is 5.90. The SMILES string of the molecule is CCOC(=O)C(OCC)OCCc1ccc(F)cc1Cl. The van der Waals surface area contributed by atoms with Crippen LogP contribution in [-0.2, 0) is 25.4 Å². The summed E-state index contributed by atoms with van der Waals surface area (Å²) in [6.45, 7) is 4.27. The Hall–Kier alpha value is -1.17. The molecule has 0 fully saturated rings. The van der Waals surface area contributed by atoms with Gasteiger partial charge in [-0.1, -0.05) is 17.7 Å². The molecule has 112 valence electrons. The Labute approximate surface area is 122 Å². The maximum absolute atomic E-state index is 12.9. The summed E-state index contributed by atoms with van der Waals surface area (Å²) in [6, 6.07) is 4.15. The van der Waals surface area contributed by atoms with Crippen LogP contribution in [0.4, 0.5) is 4.39 Å². The lowest BCUT2D eigenvalue weighted by Gasteiger charge is -2.16. The second kappa shape index (κ2) is 8.89. The standard InChI is InChI=1S/C14H18ClFO4/c1-3-18-13(17)14(19-4-2)20-8-7-10-5-6-11(16)9-12(10)15/h5-6,9,14H,3-4,7-8H2,1-2H3. The number of ether oxygens (including phenoxy) is 3. The molecule has 0 aliphatic heterocycles. The zero-order chi connectivity index (χ0) is 15.0. The van der Waals surface area contributed by atoms with Crippen molar-refractivity contribution >= 4 is 17.6 Å². The summed E-state index contributed by atoms with van der Waals surface area (Å²) in [7, 11) is 0. The van der Waals surface area contributed by atoms with Gasteiger partial charge in [0.15, 0.2) is 0 Å². The van der Waals surface area contributed by atoms with Gasteiger partial charge in [0.2, 0.25) is 0 Å². The van der Waals surface area contributed by atoms with E-state index in [-0.39, 0.29) is 13.2 Å². The molecule has 0 N–H and O–H groups in total. The van der Waals surface area contributed by atoms with Gasteiger partial charge in [0, 0.05) is 11.6 Å². The van der Waals surface area contributed by atoms with E-state index in [4.69, 9.17) is 25.8 Å². The lowest BCUT2D eigenvalue weighted by molar-refractivity contribution is -0.193. The van der Waals surface area contributed by atoms with Crippen LogP contribution in [0.15, 0.2) is 18.2 Å². The first kappa shape index (κ1) is 16.9. The van der Waals surface area contributed by atoms with Crippen LogP contribution in [0.5, 0.6) is 0 Å². The minimum atomic E-state index is -1.04. The summed E-state index contributed by atoms with van der Waals surface area (Å²) in [5.74, 6) is -0.946. The van der Waals surface area contributed by atoms with E-state index in [1.807, 2.05) is 0 Å². The lowest BCUT2D eigenvalue weighted by Crippen LogP contribution is -2.30. The van der Waals surface area contributed by atoms with Crippen LogP contribution < -0.4 is 0 Å². The third-order valence-corrected chi connectivity index (χ3v) is 2.80. The van der Waals surface area contributed by atoms with E-state index in [1.165, 1.54) is 12.1 Å². The summed E-state index contributed by atoms with van der Waals surface area (Å²) in [5, 5.41) is 0.331. The van der Waals surface area contributed by atoms with Gasteiger partial charge in [0.05, 0.1) is 13.2 Å². The van der Waals surface area contributed by atoms with Crippen molar-refractivity contribution in [1.29, 1.82) is 0 Å². The van der Waals surface area contributed by atoms with E-state index in [2.05, 4.69) is 0 Å². The number of halogens is 2. The molecule has 0 aromatic heterocycles.